The van der Waals surface area contributed by atoms with E-state index >= 15 is 0 Å². The molecule has 0 unspecified atom stereocenters. The van der Waals surface area contributed by atoms with Gasteiger partial charge in [-0.2, -0.15) is 0 Å². The van der Waals surface area contributed by atoms with Crippen molar-refractivity contribution in [3.63, 3.8) is 0 Å². The maximum Gasteiger partial charge on any atom is 0.341 e. The van der Waals surface area contributed by atoms with E-state index < -0.39 is 5.97 Å². The number of ether oxygens (including phenoxy) is 1. The minimum atomic E-state index is -0.453. The van der Waals surface area contributed by atoms with E-state index in [1.807, 2.05) is 13.8 Å². The van der Waals surface area contributed by atoms with E-state index in [2.05, 4.69) is 10.6 Å². The summed E-state index contributed by atoms with van der Waals surface area (Å²) in [4.78, 5) is 37.3. The monoisotopic (exact) mass is 408 g/mol. The zero-order valence-electron chi connectivity index (χ0n) is 15.3. The summed E-state index contributed by atoms with van der Waals surface area (Å²) in [6.45, 7) is 5.86. The number of anilines is 1. The molecular weight excluding hydrogens is 388 g/mol. The SMILES string of the molecule is CCOC(=O)c1c(NC(=O)CCNC(=O)c2ccc(Cl)cc2)sc(C)c1C. The number of nitrogens with one attached hydrogen (secondary N) is 2. The standard InChI is InChI=1S/C19H21ClN2O4S/c1-4-26-19(25)16-11(2)12(3)27-18(16)22-15(23)9-10-21-17(24)13-5-7-14(20)8-6-13/h5-8H,4,9-10H2,1-3H3,(H,21,24)(H,22,23). The smallest absolute Gasteiger partial charge is 0.341 e. The van der Waals surface area contributed by atoms with Crippen LogP contribution in [0.25, 0.3) is 0 Å². The normalized spacial score (nSPS) is 10.4. The number of thiophene rings is 1. The van der Waals surface area contributed by atoms with Crippen molar-refractivity contribution in [2.24, 2.45) is 0 Å². The van der Waals surface area contributed by atoms with Gasteiger partial charge in [0.1, 0.15) is 5.00 Å². The van der Waals surface area contributed by atoms with Crippen LogP contribution < -0.4 is 10.6 Å². The van der Waals surface area contributed by atoms with Gasteiger partial charge in [0, 0.05) is 28.4 Å². The highest BCUT2D eigenvalue weighted by Crippen LogP contribution is 2.33. The number of esters is 1. The van der Waals surface area contributed by atoms with E-state index in [0.29, 0.717) is 21.2 Å². The Morgan fingerprint density at radius 1 is 1.15 bits per heavy atom. The highest BCUT2D eigenvalue weighted by atomic mass is 35.5. The minimum Gasteiger partial charge on any atom is -0.462 e. The zero-order valence-corrected chi connectivity index (χ0v) is 16.9. The van der Waals surface area contributed by atoms with Crippen LogP contribution in [0.2, 0.25) is 5.02 Å². The maximum atomic E-state index is 12.2. The molecule has 6 nitrogen and oxygen atoms in total. The number of benzene rings is 1. The molecular formula is C19H21ClN2O4S. The van der Waals surface area contributed by atoms with Crippen LogP contribution in [0.1, 0.15) is 44.5 Å². The van der Waals surface area contributed by atoms with Crippen LogP contribution in [0.3, 0.4) is 0 Å². The largest absolute Gasteiger partial charge is 0.462 e. The molecule has 0 saturated carbocycles. The summed E-state index contributed by atoms with van der Waals surface area (Å²) in [5.41, 5.74) is 1.65. The molecule has 0 fully saturated rings. The lowest BCUT2D eigenvalue weighted by Gasteiger charge is -2.08. The first-order valence-electron chi connectivity index (χ1n) is 8.44. The van der Waals surface area contributed by atoms with Crippen molar-refractivity contribution >= 4 is 45.7 Å². The van der Waals surface area contributed by atoms with Crippen LogP contribution in [0, 0.1) is 13.8 Å². The van der Waals surface area contributed by atoms with Crippen LogP contribution in [0.5, 0.6) is 0 Å². The number of aryl methyl sites for hydroxylation is 1. The van der Waals surface area contributed by atoms with E-state index in [4.69, 9.17) is 16.3 Å². The van der Waals surface area contributed by atoms with E-state index in [0.717, 1.165) is 10.4 Å². The number of hydrogen-bond donors (Lipinski definition) is 2. The molecule has 0 saturated heterocycles. The molecule has 27 heavy (non-hydrogen) atoms. The quantitative estimate of drug-likeness (QED) is 0.679. The van der Waals surface area contributed by atoms with Gasteiger partial charge in [-0.25, -0.2) is 4.79 Å². The van der Waals surface area contributed by atoms with Gasteiger partial charge in [-0.05, 0) is 50.6 Å². The fraction of sp³-hybridized carbons (Fsp3) is 0.316. The number of carbonyl (C=O) groups excluding carboxylic acids is 3. The van der Waals surface area contributed by atoms with Crippen molar-refractivity contribution in [2.75, 3.05) is 18.5 Å². The first-order chi connectivity index (χ1) is 12.8. The van der Waals surface area contributed by atoms with Gasteiger partial charge in [0.15, 0.2) is 0 Å². The summed E-state index contributed by atoms with van der Waals surface area (Å²) in [5, 5.41) is 6.44. The maximum absolute atomic E-state index is 12.2. The van der Waals surface area contributed by atoms with Crippen LogP contribution >= 0.6 is 22.9 Å². The Balaban J connectivity index is 1.92. The molecule has 2 amide bonds. The lowest BCUT2D eigenvalue weighted by atomic mass is 10.1. The lowest BCUT2D eigenvalue weighted by molar-refractivity contribution is -0.116. The van der Waals surface area contributed by atoms with E-state index in [-0.39, 0.29) is 31.4 Å². The van der Waals surface area contributed by atoms with Crippen LogP contribution in [0.4, 0.5) is 5.00 Å². The Morgan fingerprint density at radius 3 is 2.44 bits per heavy atom. The number of amides is 2. The molecule has 2 aromatic rings. The molecule has 2 rings (SSSR count). The van der Waals surface area contributed by atoms with Crippen LogP contribution in [-0.2, 0) is 9.53 Å². The molecule has 0 aliphatic heterocycles. The second-order valence-corrected chi connectivity index (χ2v) is 7.43. The van der Waals surface area contributed by atoms with Gasteiger partial charge in [-0.3, -0.25) is 9.59 Å². The van der Waals surface area contributed by atoms with Crippen LogP contribution in [0.15, 0.2) is 24.3 Å². The second kappa shape index (κ2) is 9.53. The molecule has 0 atom stereocenters. The molecule has 8 heteroatoms. The molecule has 144 valence electrons. The number of carbonyl (C=O) groups is 3. The Labute approximate surface area is 166 Å². The Kier molecular flexibility index (Phi) is 7.38. The Bertz CT molecular complexity index is 846. The minimum absolute atomic E-state index is 0.0809. The van der Waals surface area contributed by atoms with Gasteiger partial charge in [-0.1, -0.05) is 11.6 Å². The molecule has 0 aliphatic rings. The number of rotatable bonds is 7. The topological polar surface area (TPSA) is 84.5 Å². The summed E-state index contributed by atoms with van der Waals surface area (Å²) in [6.07, 6.45) is 0.0809. The summed E-state index contributed by atoms with van der Waals surface area (Å²) < 4.78 is 5.06. The van der Waals surface area contributed by atoms with Crippen molar-refractivity contribution in [3.05, 3.63) is 50.9 Å². The Morgan fingerprint density at radius 2 is 1.81 bits per heavy atom. The van der Waals surface area contributed by atoms with Gasteiger partial charge < -0.3 is 15.4 Å². The van der Waals surface area contributed by atoms with Crippen molar-refractivity contribution in [2.45, 2.75) is 27.2 Å². The average molecular weight is 409 g/mol. The molecule has 0 radical (unpaired) electrons. The zero-order chi connectivity index (χ0) is 20.0. The molecule has 1 aromatic carbocycles. The fourth-order valence-corrected chi connectivity index (χ4v) is 3.54. The molecule has 0 spiro atoms. The number of halogens is 1. The molecule has 1 heterocycles. The van der Waals surface area contributed by atoms with E-state index in [1.54, 1.807) is 31.2 Å². The van der Waals surface area contributed by atoms with E-state index in [9.17, 15) is 14.4 Å². The third-order valence-electron chi connectivity index (χ3n) is 3.86. The summed E-state index contributed by atoms with van der Waals surface area (Å²) in [5.74, 6) is -1.03. The summed E-state index contributed by atoms with van der Waals surface area (Å²) in [7, 11) is 0. The number of hydrogen-bond acceptors (Lipinski definition) is 5. The van der Waals surface area contributed by atoms with Crippen LogP contribution in [-0.4, -0.2) is 30.9 Å². The molecule has 1 aromatic heterocycles. The third kappa shape index (κ3) is 5.55. The highest BCUT2D eigenvalue weighted by molar-refractivity contribution is 7.16. The van der Waals surface area contributed by atoms with Crippen molar-refractivity contribution in [1.82, 2.24) is 5.32 Å². The van der Waals surface area contributed by atoms with Crippen molar-refractivity contribution in [1.29, 1.82) is 0 Å². The molecule has 0 aliphatic carbocycles. The lowest BCUT2D eigenvalue weighted by Crippen LogP contribution is -2.27. The summed E-state index contributed by atoms with van der Waals surface area (Å²) in [6, 6.07) is 6.48. The summed E-state index contributed by atoms with van der Waals surface area (Å²) >= 11 is 7.12. The molecule has 2 N–H and O–H groups in total. The van der Waals surface area contributed by atoms with Gasteiger partial charge in [-0.15, -0.1) is 11.3 Å². The fourth-order valence-electron chi connectivity index (χ4n) is 2.35. The van der Waals surface area contributed by atoms with Gasteiger partial charge in [0.2, 0.25) is 5.91 Å². The second-order valence-electron chi connectivity index (χ2n) is 5.77. The Hall–Kier alpha value is -2.38. The predicted octanol–water partition coefficient (Wildman–Crippen LogP) is 3.95. The third-order valence-corrected chi connectivity index (χ3v) is 5.24. The van der Waals surface area contributed by atoms with E-state index in [1.165, 1.54) is 11.3 Å². The van der Waals surface area contributed by atoms with Gasteiger partial charge in [0.25, 0.3) is 5.91 Å². The van der Waals surface area contributed by atoms with Gasteiger partial charge in [0.05, 0.1) is 12.2 Å². The first kappa shape index (κ1) is 20.9. The highest BCUT2D eigenvalue weighted by Gasteiger charge is 2.22. The first-order valence-corrected chi connectivity index (χ1v) is 9.63. The van der Waals surface area contributed by atoms with Crippen molar-refractivity contribution in [3.8, 4) is 0 Å². The van der Waals surface area contributed by atoms with Gasteiger partial charge >= 0.3 is 5.97 Å². The predicted molar refractivity (Wildman–Crippen MR) is 107 cm³/mol. The molecule has 0 bridgehead atoms. The van der Waals surface area contributed by atoms with Crippen molar-refractivity contribution < 1.29 is 19.1 Å². The average Bonchev–Trinajstić information content (AvgIpc) is 2.89.